The summed E-state index contributed by atoms with van der Waals surface area (Å²) >= 11 is 5.98. The Balaban J connectivity index is 1.57. The van der Waals surface area contributed by atoms with Crippen LogP contribution in [0.5, 0.6) is 11.5 Å². The lowest BCUT2D eigenvalue weighted by Crippen LogP contribution is -2.23. The third kappa shape index (κ3) is 3.74. The number of benzene rings is 2. The second-order valence-corrected chi connectivity index (χ2v) is 7.14. The van der Waals surface area contributed by atoms with Gasteiger partial charge in [0.15, 0.2) is 0 Å². The molecule has 0 saturated heterocycles. The predicted molar refractivity (Wildman–Crippen MR) is 118 cm³/mol. The fourth-order valence-corrected chi connectivity index (χ4v) is 3.31. The number of hydrogen-bond donors (Lipinski definition) is 0. The smallest absolute Gasteiger partial charge is 0.316 e. The monoisotopic (exact) mass is 429 g/mol. The van der Waals surface area contributed by atoms with E-state index in [-0.39, 0.29) is 5.75 Å². The molecule has 5 aromatic rings. The summed E-state index contributed by atoms with van der Waals surface area (Å²) in [6.45, 7) is 0. The van der Waals surface area contributed by atoms with Crippen LogP contribution in [0, 0.1) is 0 Å². The van der Waals surface area contributed by atoms with E-state index in [0.717, 1.165) is 5.69 Å². The number of imidazole rings is 1. The topological polar surface area (TPSA) is 66.9 Å². The molecule has 3 heterocycles. The Morgan fingerprint density at radius 3 is 2.23 bits per heavy atom. The lowest BCUT2D eigenvalue weighted by molar-refractivity contribution is 0.464. The zero-order valence-electron chi connectivity index (χ0n) is 16.2. The minimum Gasteiger partial charge on any atom is -0.449 e. The molecular weight excluding hydrogens is 414 g/mol. The average Bonchev–Trinajstić information content (AvgIpc) is 3.51. The van der Waals surface area contributed by atoms with Crippen LogP contribution >= 0.6 is 11.6 Å². The highest BCUT2D eigenvalue weighted by Gasteiger charge is 2.17. The molecule has 31 heavy (non-hydrogen) atoms. The van der Waals surface area contributed by atoms with Crippen molar-refractivity contribution >= 4 is 11.6 Å². The number of halogens is 1. The van der Waals surface area contributed by atoms with Crippen molar-refractivity contribution < 1.29 is 4.74 Å². The molecule has 0 N–H and O–H groups in total. The molecule has 0 unspecified atom stereocenters. The zero-order chi connectivity index (χ0) is 21.2. The molecule has 8 heteroatoms. The lowest BCUT2D eigenvalue weighted by Gasteiger charge is -2.14. The summed E-state index contributed by atoms with van der Waals surface area (Å²) in [5, 5.41) is 4.89. The summed E-state index contributed by atoms with van der Waals surface area (Å²) in [6.07, 6.45) is 10.4. The Hall–Kier alpha value is -4.10. The molecule has 0 bridgehead atoms. The van der Waals surface area contributed by atoms with Crippen LogP contribution in [0.15, 0.2) is 103 Å². The Morgan fingerprint density at radius 2 is 1.55 bits per heavy atom. The Labute approximate surface area is 182 Å². The normalized spacial score (nSPS) is 10.9. The molecule has 0 radical (unpaired) electrons. The molecule has 152 valence electrons. The van der Waals surface area contributed by atoms with Crippen LogP contribution in [0.2, 0.25) is 5.02 Å². The third-order valence-corrected chi connectivity index (χ3v) is 4.98. The predicted octanol–water partition coefficient (Wildman–Crippen LogP) is 4.65. The van der Waals surface area contributed by atoms with E-state index in [1.165, 1.54) is 4.68 Å². The van der Waals surface area contributed by atoms with Gasteiger partial charge in [0.1, 0.15) is 11.4 Å². The highest BCUT2D eigenvalue weighted by Crippen LogP contribution is 2.26. The van der Waals surface area contributed by atoms with Crippen LogP contribution < -0.4 is 10.3 Å². The largest absolute Gasteiger partial charge is 0.449 e. The van der Waals surface area contributed by atoms with Gasteiger partial charge >= 0.3 is 5.56 Å². The van der Waals surface area contributed by atoms with Crippen LogP contribution in [0.1, 0.15) is 0 Å². The van der Waals surface area contributed by atoms with Crippen molar-refractivity contribution in [3.8, 4) is 28.6 Å². The molecular formula is C23H16ClN5O2. The summed E-state index contributed by atoms with van der Waals surface area (Å²) in [6, 6.07) is 18.3. The lowest BCUT2D eigenvalue weighted by atomic mass is 10.3. The molecule has 5 rings (SSSR count). The highest BCUT2D eigenvalue weighted by atomic mass is 35.5. The maximum absolute atomic E-state index is 13.3. The number of hydrogen-bond acceptors (Lipinski definition) is 4. The molecule has 0 fully saturated rings. The van der Waals surface area contributed by atoms with E-state index >= 15 is 0 Å². The van der Waals surface area contributed by atoms with E-state index in [1.807, 2.05) is 53.4 Å². The van der Waals surface area contributed by atoms with E-state index < -0.39 is 5.56 Å². The molecule has 0 aliphatic carbocycles. The molecule has 0 spiro atoms. The third-order valence-electron chi connectivity index (χ3n) is 4.73. The minimum atomic E-state index is -0.400. The van der Waals surface area contributed by atoms with Crippen LogP contribution in [-0.2, 0) is 0 Å². The summed E-state index contributed by atoms with van der Waals surface area (Å²) in [5.74, 6) is 0.667. The van der Waals surface area contributed by atoms with Crippen molar-refractivity contribution in [3.63, 3.8) is 0 Å². The van der Waals surface area contributed by atoms with Gasteiger partial charge in [0.05, 0.1) is 18.2 Å². The van der Waals surface area contributed by atoms with E-state index in [4.69, 9.17) is 16.3 Å². The molecule has 0 aliphatic rings. The summed E-state index contributed by atoms with van der Waals surface area (Å²) in [7, 11) is 0. The second kappa shape index (κ2) is 7.97. The van der Waals surface area contributed by atoms with Crippen molar-refractivity contribution in [1.82, 2.24) is 23.9 Å². The number of aromatic nitrogens is 5. The first kappa shape index (κ1) is 18.9. The SMILES string of the molecule is O=c1c(Oc2ccc(-n3cccc3)cc2)c(-n2ccnc2)cnn1-c1ccc(Cl)cc1. The molecule has 0 saturated carbocycles. The van der Waals surface area contributed by atoms with Gasteiger partial charge in [0.25, 0.3) is 0 Å². The molecule has 0 atom stereocenters. The first-order chi connectivity index (χ1) is 15.2. The Bertz CT molecular complexity index is 1360. The molecule has 0 aliphatic heterocycles. The number of nitrogens with zero attached hydrogens (tertiary/aromatic N) is 5. The zero-order valence-corrected chi connectivity index (χ0v) is 16.9. The molecule has 7 nitrogen and oxygen atoms in total. The Kier molecular flexibility index (Phi) is 4.86. The Morgan fingerprint density at radius 1 is 0.839 bits per heavy atom. The highest BCUT2D eigenvalue weighted by molar-refractivity contribution is 6.30. The van der Waals surface area contributed by atoms with E-state index in [9.17, 15) is 4.79 Å². The van der Waals surface area contributed by atoms with Crippen LogP contribution in [0.25, 0.3) is 17.1 Å². The van der Waals surface area contributed by atoms with E-state index in [0.29, 0.717) is 22.1 Å². The average molecular weight is 430 g/mol. The van der Waals surface area contributed by atoms with Gasteiger partial charge in [-0.25, -0.2) is 4.98 Å². The minimum absolute atomic E-state index is 0.136. The number of ether oxygens (including phenoxy) is 1. The van der Waals surface area contributed by atoms with E-state index in [2.05, 4.69) is 10.1 Å². The van der Waals surface area contributed by atoms with Gasteiger partial charge < -0.3 is 13.9 Å². The molecule has 3 aromatic heterocycles. The van der Waals surface area contributed by atoms with Crippen molar-refractivity contribution in [2.24, 2.45) is 0 Å². The van der Waals surface area contributed by atoms with Crippen molar-refractivity contribution in [2.75, 3.05) is 0 Å². The first-order valence-electron chi connectivity index (χ1n) is 9.47. The second-order valence-electron chi connectivity index (χ2n) is 6.71. The van der Waals surface area contributed by atoms with Crippen LogP contribution in [0.3, 0.4) is 0 Å². The number of rotatable bonds is 5. The van der Waals surface area contributed by atoms with Crippen molar-refractivity contribution in [1.29, 1.82) is 0 Å². The summed E-state index contributed by atoms with van der Waals surface area (Å²) in [5.41, 5.74) is 1.66. The quantitative estimate of drug-likeness (QED) is 0.407. The fourth-order valence-electron chi connectivity index (χ4n) is 3.19. The van der Waals surface area contributed by atoms with Gasteiger partial charge in [0.2, 0.25) is 5.75 Å². The molecule has 2 aromatic carbocycles. The van der Waals surface area contributed by atoms with Crippen LogP contribution in [0.4, 0.5) is 0 Å². The standard InChI is InChI=1S/C23H16ClN5O2/c24-17-3-5-19(6-4-17)29-23(30)22(21(15-26-29)28-14-11-25-16-28)31-20-9-7-18(8-10-20)27-12-1-2-13-27/h1-16H. The van der Waals surface area contributed by atoms with Gasteiger partial charge in [0, 0.05) is 35.5 Å². The van der Waals surface area contributed by atoms with Crippen molar-refractivity contribution in [3.05, 3.63) is 113 Å². The first-order valence-corrected chi connectivity index (χ1v) is 9.85. The van der Waals surface area contributed by atoms with Gasteiger partial charge in [-0.05, 0) is 60.7 Å². The van der Waals surface area contributed by atoms with Gasteiger partial charge in [-0.2, -0.15) is 9.78 Å². The molecule has 0 amide bonds. The van der Waals surface area contributed by atoms with Gasteiger partial charge in [-0.1, -0.05) is 11.6 Å². The fraction of sp³-hybridized carbons (Fsp3) is 0. The maximum Gasteiger partial charge on any atom is 0.316 e. The van der Waals surface area contributed by atoms with Crippen molar-refractivity contribution in [2.45, 2.75) is 0 Å². The van der Waals surface area contributed by atoms with Gasteiger partial charge in [-0.15, -0.1) is 0 Å². The van der Waals surface area contributed by atoms with Crippen LogP contribution in [-0.4, -0.2) is 23.9 Å². The summed E-state index contributed by atoms with van der Waals surface area (Å²) in [4.78, 5) is 17.4. The van der Waals surface area contributed by atoms with Gasteiger partial charge in [-0.3, -0.25) is 4.79 Å². The maximum atomic E-state index is 13.3. The summed E-state index contributed by atoms with van der Waals surface area (Å²) < 4.78 is 11.0. The van der Waals surface area contributed by atoms with E-state index in [1.54, 1.807) is 53.8 Å².